The zero-order valence-electron chi connectivity index (χ0n) is 12.7. The van der Waals surface area contributed by atoms with Crippen LogP contribution in [0, 0.1) is 0 Å². The molecule has 1 amide bonds. The van der Waals surface area contributed by atoms with Crippen molar-refractivity contribution < 1.29 is 19.0 Å². The molecule has 0 atom stereocenters. The molecule has 118 valence electrons. The number of carbonyl (C=O) groups is 1. The number of carbonyl (C=O) groups excluding carboxylic acids is 1. The molecule has 0 fully saturated rings. The third-order valence-corrected chi connectivity index (χ3v) is 3.45. The van der Waals surface area contributed by atoms with E-state index in [1.807, 2.05) is 4.68 Å². The lowest BCUT2D eigenvalue weighted by Gasteiger charge is -2.15. The van der Waals surface area contributed by atoms with Crippen molar-refractivity contribution in [2.75, 3.05) is 40.6 Å². The molecule has 0 saturated carbocycles. The van der Waals surface area contributed by atoms with E-state index in [1.165, 1.54) is 18.4 Å². The van der Waals surface area contributed by atoms with Crippen LogP contribution in [0.4, 0.5) is 0 Å². The second-order valence-corrected chi connectivity index (χ2v) is 4.92. The lowest BCUT2D eigenvalue weighted by Crippen LogP contribution is -2.29. The van der Waals surface area contributed by atoms with Gasteiger partial charge in [0, 0.05) is 44.9 Å². The molecule has 0 spiro atoms. The number of hydrogen-bond donors (Lipinski definition) is 1. The Morgan fingerprint density at radius 2 is 2.29 bits per heavy atom. The van der Waals surface area contributed by atoms with Crippen LogP contribution < -0.4 is 5.32 Å². The molecule has 1 N–H and O–H groups in total. The van der Waals surface area contributed by atoms with E-state index in [4.69, 9.17) is 14.2 Å². The summed E-state index contributed by atoms with van der Waals surface area (Å²) in [4.78, 5) is 11.4. The number of amides is 1. The Labute approximate surface area is 124 Å². The largest absolute Gasteiger partial charge is 0.383 e. The van der Waals surface area contributed by atoms with Gasteiger partial charge in [0.1, 0.15) is 6.61 Å². The Balaban J connectivity index is 1.98. The van der Waals surface area contributed by atoms with Gasteiger partial charge in [0.25, 0.3) is 0 Å². The average molecular weight is 297 g/mol. The standard InChI is InChI=1S/C14H23N3O4/c1-19-8-6-17-13-4-7-21-9-11(13)12(16-17)3-5-15-14(18)10-20-2/h3-10H2,1-2H3,(H,15,18). The number of nitrogens with zero attached hydrogens (tertiary/aromatic N) is 2. The Bertz CT molecular complexity index is 473. The molecule has 1 aromatic heterocycles. The Hall–Kier alpha value is -1.44. The van der Waals surface area contributed by atoms with Crippen LogP contribution in [0.5, 0.6) is 0 Å². The molecule has 21 heavy (non-hydrogen) atoms. The molecule has 1 aliphatic heterocycles. The van der Waals surface area contributed by atoms with E-state index in [9.17, 15) is 4.79 Å². The normalized spacial score (nSPS) is 14.0. The first-order valence-corrected chi connectivity index (χ1v) is 7.16. The highest BCUT2D eigenvalue weighted by Crippen LogP contribution is 2.21. The van der Waals surface area contributed by atoms with Crippen LogP contribution >= 0.6 is 0 Å². The highest BCUT2D eigenvalue weighted by molar-refractivity contribution is 5.77. The summed E-state index contributed by atoms with van der Waals surface area (Å²) in [7, 11) is 3.19. The maximum atomic E-state index is 11.4. The summed E-state index contributed by atoms with van der Waals surface area (Å²) in [5, 5.41) is 7.46. The van der Waals surface area contributed by atoms with Gasteiger partial charge in [0.2, 0.25) is 5.91 Å². The third-order valence-electron chi connectivity index (χ3n) is 3.45. The second kappa shape index (κ2) is 8.11. The SMILES string of the molecule is COCCn1nc(CCNC(=O)COC)c2c1CCOC2. The molecule has 7 heteroatoms. The minimum absolute atomic E-state index is 0.0868. The monoisotopic (exact) mass is 297 g/mol. The Morgan fingerprint density at radius 3 is 3.05 bits per heavy atom. The molecule has 2 heterocycles. The number of methoxy groups -OCH3 is 2. The zero-order chi connectivity index (χ0) is 15.1. The van der Waals surface area contributed by atoms with Gasteiger partial charge in [-0.1, -0.05) is 0 Å². The van der Waals surface area contributed by atoms with Gasteiger partial charge in [-0.05, 0) is 0 Å². The van der Waals surface area contributed by atoms with Crippen molar-refractivity contribution in [1.82, 2.24) is 15.1 Å². The number of aromatic nitrogens is 2. The van der Waals surface area contributed by atoms with Crippen molar-refractivity contribution in [3.8, 4) is 0 Å². The quantitative estimate of drug-likeness (QED) is 0.726. The first-order valence-electron chi connectivity index (χ1n) is 7.16. The van der Waals surface area contributed by atoms with E-state index in [2.05, 4.69) is 10.4 Å². The third kappa shape index (κ3) is 4.26. The van der Waals surface area contributed by atoms with Crippen LogP contribution in [-0.4, -0.2) is 56.3 Å². The van der Waals surface area contributed by atoms with Crippen molar-refractivity contribution in [3.63, 3.8) is 0 Å². The maximum absolute atomic E-state index is 11.4. The summed E-state index contributed by atoms with van der Waals surface area (Å²) in [5.41, 5.74) is 3.40. The number of hydrogen-bond acceptors (Lipinski definition) is 5. The molecule has 0 bridgehead atoms. The minimum atomic E-state index is -0.110. The van der Waals surface area contributed by atoms with Crippen LogP contribution in [0.15, 0.2) is 0 Å². The summed E-state index contributed by atoms with van der Waals surface area (Å²) in [6.07, 6.45) is 1.57. The van der Waals surface area contributed by atoms with Crippen LogP contribution in [0.2, 0.25) is 0 Å². The maximum Gasteiger partial charge on any atom is 0.245 e. The van der Waals surface area contributed by atoms with E-state index in [0.717, 1.165) is 25.3 Å². The van der Waals surface area contributed by atoms with E-state index >= 15 is 0 Å². The highest BCUT2D eigenvalue weighted by Gasteiger charge is 2.20. The first kappa shape index (κ1) is 15.9. The van der Waals surface area contributed by atoms with E-state index in [0.29, 0.717) is 26.2 Å². The molecular weight excluding hydrogens is 274 g/mol. The molecule has 1 aromatic rings. The van der Waals surface area contributed by atoms with Crippen molar-refractivity contribution in [1.29, 1.82) is 0 Å². The van der Waals surface area contributed by atoms with Crippen LogP contribution in [0.25, 0.3) is 0 Å². The molecule has 0 unspecified atom stereocenters. The molecule has 1 aliphatic rings. The number of ether oxygens (including phenoxy) is 3. The van der Waals surface area contributed by atoms with Gasteiger partial charge in [-0.15, -0.1) is 0 Å². The molecular formula is C14H23N3O4. The van der Waals surface area contributed by atoms with Gasteiger partial charge in [-0.25, -0.2) is 0 Å². The topological polar surface area (TPSA) is 74.6 Å². The summed E-state index contributed by atoms with van der Waals surface area (Å²) in [5.74, 6) is -0.110. The molecule has 0 aromatic carbocycles. The fraction of sp³-hybridized carbons (Fsp3) is 0.714. The fourth-order valence-electron chi connectivity index (χ4n) is 2.44. The van der Waals surface area contributed by atoms with Crippen molar-refractivity contribution >= 4 is 5.91 Å². The molecule has 0 radical (unpaired) electrons. The van der Waals surface area contributed by atoms with Gasteiger partial charge in [-0.3, -0.25) is 9.48 Å². The number of rotatable bonds is 8. The predicted octanol–water partition coefficient (Wildman–Crippen LogP) is -0.0927. The second-order valence-electron chi connectivity index (χ2n) is 4.92. The summed E-state index contributed by atoms with van der Waals surface area (Å²) >= 11 is 0. The van der Waals surface area contributed by atoms with Crippen molar-refractivity contribution in [2.45, 2.75) is 26.0 Å². The van der Waals surface area contributed by atoms with Crippen LogP contribution in [0.1, 0.15) is 17.0 Å². The molecule has 0 aliphatic carbocycles. The molecule has 0 saturated heterocycles. The lowest BCUT2D eigenvalue weighted by atomic mass is 10.1. The first-order chi connectivity index (χ1) is 10.3. The average Bonchev–Trinajstić information content (AvgIpc) is 2.84. The summed E-state index contributed by atoms with van der Waals surface area (Å²) in [6.45, 7) is 3.35. The predicted molar refractivity (Wildman–Crippen MR) is 76.1 cm³/mol. The van der Waals surface area contributed by atoms with Gasteiger partial charge in [-0.2, -0.15) is 5.10 Å². The van der Waals surface area contributed by atoms with Crippen molar-refractivity contribution in [3.05, 3.63) is 17.0 Å². The molecule has 2 rings (SSSR count). The smallest absolute Gasteiger partial charge is 0.245 e. The number of nitrogens with one attached hydrogen (secondary N) is 1. The Morgan fingerprint density at radius 1 is 1.43 bits per heavy atom. The van der Waals surface area contributed by atoms with Gasteiger partial charge in [0.15, 0.2) is 0 Å². The lowest BCUT2D eigenvalue weighted by molar-refractivity contribution is -0.124. The highest BCUT2D eigenvalue weighted by atomic mass is 16.5. The van der Waals surface area contributed by atoms with E-state index < -0.39 is 0 Å². The van der Waals surface area contributed by atoms with E-state index in [1.54, 1.807) is 7.11 Å². The summed E-state index contributed by atoms with van der Waals surface area (Å²) < 4.78 is 17.4. The van der Waals surface area contributed by atoms with Crippen LogP contribution in [0.3, 0.4) is 0 Å². The molecule has 7 nitrogen and oxygen atoms in total. The van der Waals surface area contributed by atoms with Gasteiger partial charge in [0.05, 0.1) is 32.1 Å². The van der Waals surface area contributed by atoms with Crippen LogP contribution in [-0.2, 0) is 45.0 Å². The zero-order valence-corrected chi connectivity index (χ0v) is 12.7. The Kier molecular flexibility index (Phi) is 6.16. The van der Waals surface area contributed by atoms with E-state index in [-0.39, 0.29) is 12.5 Å². The van der Waals surface area contributed by atoms with Gasteiger partial charge >= 0.3 is 0 Å². The number of fused-ring (bicyclic) bond motifs is 1. The van der Waals surface area contributed by atoms with Gasteiger partial charge < -0.3 is 19.5 Å². The summed E-state index contributed by atoms with van der Waals surface area (Å²) in [6, 6.07) is 0. The fourth-order valence-corrected chi connectivity index (χ4v) is 2.44. The minimum Gasteiger partial charge on any atom is -0.383 e. The van der Waals surface area contributed by atoms with Crippen molar-refractivity contribution in [2.24, 2.45) is 0 Å².